The van der Waals surface area contributed by atoms with Crippen LogP contribution in [-0.2, 0) is 0 Å². The van der Waals surface area contributed by atoms with Crippen LogP contribution in [0.3, 0.4) is 0 Å². The Bertz CT molecular complexity index is 160. The fraction of sp³-hybridized carbons (Fsp3) is 1.00. The molecule has 0 aromatic rings. The number of nitrogens with one attached hydrogen (secondary N) is 1. The van der Waals surface area contributed by atoms with Crippen molar-refractivity contribution in [1.29, 1.82) is 0 Å². The molecule has 0 aliphatic heterocycles. The van der Waals surface area contributed by atoms with Crippen molar-refractivity contribution in [3.05, 3.63) is 0 Å². The summed E-state index contributed by atoms with van der Waals surface area (Å²) in [5.41, 5.74) is 0. The molecule has 1 fully saturated rings. The molecule has 96 valence electrons. The number of nitrogens with zero attached hydrogens (tertiary/aromatic N) is 1. The lowest BCUT2D eigenvalue weighted by Crippen LogP contribution is -2.33. The van der Waals surface area contributed by atoms with E-state index in [1.807, 2.05) is 0 Å². The van der Waals surface area contributed by atoms with Crippen LogP contribution < -0.4 is 5.32 Å². The molecule has 0 radical (unpaired) electrons. The molecule has 3 heteroatoms. The summed E-state index contributed by atoms with van der Waals surface area (Å²) in [6, 6.07) is 0.899. The van der Waals surface area contributed by atoms with Crippen molar-refractivity contribution in [2.75, 3.05) is 32.8 Å². The second-order valence-corrected chi connectivity index (χ2v) is 4.75. The molecule has 0 spiro atoms. The lowest BCUT2D eigenvalue weighted by molar-refractivity contribution is 0.275. The van der Waals surface area contributed by atoms with Gasteiger partial charge < -0.3 is 10.4 Å². The molecule has 0 amide bonds. The Kier molecular flexibility index (Phi) is 7.81. The van der Waals surface area contributed by atoms with E-state index in [1.165, 1.54) is 45.2 Å². The number of likely N-dealkylation sites (N-methyl/N-ethyl adjacent to an activating group) is 1. The number of aliphatic hydroxyl groups excluding tert-OH is 1. The molecule has 1 aliphatic rings. The standard InChI is InChI=1S/C13H28N2O/c1-2-15(13-7-8-13)11-10-14-9-5-3-4-6-12-16/h13-14,16H,2-12H2,1H3. The molecule has 1 saturated carbocycles. The molecular weight excluding hydrogens is 200 g/mol. The second-order valence-electron chi connectivity index (χ2n) is 4.75. The van der Waals surface area contributed by atoms with E-state index in [-0.39, 0.29) is 0 Å². The van der Waals surface area contributed by atoms with E-state index in [9.17, 15) is 0 Å². The van der Waals surface area contributed by atoms with Gasteiger partial charge in [-0.1, -0.05) is 19.8 Å². The summed E-state index contributed by atoms with van der Waals surface area (Å²) in [4.78, 5) is 2.58. The van der Waals surface area contributed by atoms with Crippen LogP contribution in [0.4, 0.5) is 0 Å². The van der Waals surface area contributed by atoms with E-state index in [1.54, 1.807) is 0 Å². The van der Waals surface area contributed by atoms with Crippen LogP contribution in [0.15, 0.2) is 0 Å². The normalized spacial score (nSPS) is 15.9. The Morgan fingerprint density at radius 3 is 2.50 bits per heavy atom. The molecule has 0 unspecified atom stereocenters. The van der Waals surface area contributed by atoms with Gasteiger partial charge in [-0.2, -0.15) is 0 Å². The molecular formula is C13H28N2O. The van der Waals surface area contributed by atoms with Gasteiger partial charge in [0, 0.05) is 25.7 Å². The number of rotatable bonds is 11. The molecule has 0 atom stereocenters. The number of hydrogen-bond donors (Lipinski definition) is 2. The largest absolute Gasteiger partial charge is 0.396 e. The van der Waals surface area contributed by atoms with E-state index in [0.29, 0.717) is 6.61 Å². The zero-order valence-corrected chi connectivity index (χ0v) is 10.7. The van der Waals surface area contributed by atoms with Crippen molar-refractivity contribution >= 4 is 0 Å². The fourth-order valence-corrected chi connectivity index (χ4v) is 2.10. The average Bonchev–Trinajstić information content (AvgIpc) is 3.11. The molecule has 0 heterocycles. The lowest BCUT2D eigenvalue weighted by atomic mass is 10.2. The van der Waals surface area contributed by atoms with Crippen LogP contribution in [-0.4, -0.2) is 48.8 Å². The van der Waals surface area contributed by atoms with Gasteiger partial charge in [-0.3, -0.25) is 4.90 Å². The number of hydrogen-bond acceptors (Lipinski definition) is 3. The monoisotopic (exact) mass is 228 g/mol. The molecule has 2 N–H and O–H groups in total. The highest BCUT2D eigenvalue weighted by Gasteiger charge is 2.26. The highest BCUT2D eigenvalue weighted by atomic mass is 16.2. The van der Waals surface area contributed by atoms with Gasteiger partial charge in [0.1, 0.15) is 0 Å². The Hall–Kier alpha value is -0.120. The molecule has 0 bridgehead atoms. The van der Waals surface area contributed by atoms with Crippen molar-refractivity contribution in [3.63, 3.8) is 0 Å². The number of unbranched alkanes of at least 4 members (excludes halogenated alkanes) is 3. The minimum atomic E-state index is 0.347. The van der Waals surface area contributed by atoms with Gasteiger partial charge in [0.15, 0.2) is 0 Å². The second kappa shape index (κ2) is 8.97. The van der Waals surface area contributed by atoms with E-state index in [0.717, 1.165) is 25.6 Å². The Labute approximate surface area is 100 Å². The minimum Gasteiger partial charge on any atom is -0.396 e. The summed E-state index contributed by atoms with van der Waals surface area (Å²) in [6.45, 7) is 7.27. The number of aliphatic hydroxyl groups is 1. The smallest absolute Gasteiger partial charge is 0.0431 e. The SMILES string of the molecule is CCN(CCNCCCCCCO)C1CC1. The Morgan fingerprint density at radius 1 is 1.12 bits per heavy atom. The van der Waals surface area contributed by atoms with E-state index in [4.69, 9.17) is 5.11 Å². The van der Waals surface area contributed by atoms with Crippen molar-refractivity contribution < 1.29 is 5.11 Å². The predicted molar refractivity (Wildman–Crippen MR) is 68.7 cm³/mol. The summed E-state index contributed by atoms with van der Waals surface area (Å²) < 4.78 is 0. The third-order valence-corrected chi connectivity index (χ3v) is 3.31. The van der Waals surface area contributed by atoms with Crippen LogP contribution in [0.1, 0.15) is 45.4 Å². The average molecular weight is 228 g/mol. The summed E-state index contributed by atoms with van der Waals surface area (Å²) in [6.07, 6.45) is 7.44. The highest BCUT2D eigenvalue weighted by Crippen LogP contribution is 2.25. The van der Waals surface area contributed by atoms with Gasteiger partial charge in [-0.25, -0.2) is 0 Å². The van der Waals surface area contributed by atoms with Crippen LogP contribution in [0.5, 0.6) is 0 Å². The van der Waals surface area contributed by atoms with Gasteiger partial charge >= 0.3 is 0 Å². The van der Waals surface area contributed by atoms with E-state index < -0.39 is 0 Å². The van der Waals surface area contributed by atoms with Crippen molar-refractivity contribution in [1.82, 2.24) is 10.2 Å². The van der Waals surface area contributed by atoms with Gasteiger partial charge in [-0.15, -0.1) is 0 Å². The van der Waals surface area contributed by atoms with Gasteiger partial charge in [0.25, 0.3) is 0 Å². The first kappa shape index (κ1) is 13.9. The predicted octanol–water partition coefficient (Wildman–Crippen LogP) is 1.61. The maximum absolute atomic E-state index is 8.63. The quantitative estimate of drug-likeness (QED) is 0.527. The first-order valence-electron chi connectivity index (χ1n) is 6.94. The molecule has 0 saturated heterocycles. The zero-order valence-electron chi connectivity index (χ0n) is 10.7. The first-order valence-corrected chi connectivity index (χ1v) is 6.94. The summed E-state index contributed by atoms with van der Waals surface area (Å²) in [5.74, 6) is 0. The van der Waals surface area contributed by atoms with E-state index >= 15 is 0 Å². The maximum atomic E-state index is 8.63. The van der Waals surface area contributed by atoms with Crippen molar-refractivity contribution in [2.24, 2.45) is 0 Å². The molecule has 3 nitrogen and oxygen atoms in total. The first-order chi connectivity index (χ1) is 7.88. The summed E-state index contributed by atoms with van der Waals surface area (Å²) in [5, 5.41) is 12.1. The third kappa shape index (κ3) is 6.46. The van der Waals surface area contributed by atoms with Gasteiger partial charge in [0.05, 0.1) is 0 Å². The molecule has 0 aromatic carbocycles. The van der Waals surface area contributed by atoms with Crippen LogP contribution in [0, 0.1) is 0 Å². The molecule has 1 rings (SSSR count). The van der Waals surface area contributed by atoms with Crippen LogP contribution >= 0.6 is 0 Å². The Morgan fingerprint density at radius 2 is 1.88 bits per heavy atom. The zero-order chi connectivity index (χ0) is 11.6. The lowest BCUT2D eigenvalue weighted by Gasteiger charge is -2.19. The van der Waals surface area contributed by atoms with E-state index in [2.05, 4.69) is 17.1 Å². The Balaban J connectivity index is 1.80. The topological polar surface area (TPSA) is 35.5 Å². The minimum absolute atomic E-state index is 0.347. The molecule has 16 heavy (non-hydrogen) atoms. The fourth-order valence-electron chi connectivity index (χ4n) is 2.10. The van der Waals surface area contributed by atoms with Gasteiger partial charge in [0.2, 0.25) is 0 Å². The van der Waals surface area contributed by atoms with Crippen LogP contribution in [0.2, 0.25) is 0 Å². The van der Waals surface area contributed by atoms with Crippen molar-refractivity contribution in [3.8, 4) is 0 Å². The maximum Gasteiger partial charge on any atom is 0.0431 e. The summed E-state index contributed by atoms with van der Waals surface area (Å²) >= 11 is 0. The molecule has 1 aliphatic carbocycles. The summed E-state index contributed by atoms with van der Waals surface area (Å²) in [7, 11) is 0. The van der Waals surface area contributed by atoms with Crippen LogP contribution in [0.25, 0.3) is 0 Å². The van der Waals surface area contributed by atoms with Crippen molar-refractivity contribution in [2.45, 2.75) is 51.5 Å². The third-order valence-electron chi connectivity index (χ3n) is 3.31. The van der Waals surface area contributed by atoms with Gasteiger partial charge in [-0.05, 0) is 38.8 Å². The molecule has 0 aromatic heterocycles. The highest BCUT2D eigenvalue weighted by molar-refractivity contribution is 4.83.